The number of aliphatic carboxylic acids is 1. The average Bonchev–Trinajstić information content (AvgIpc) is 2.43. The third-order valence-corrected chi connectivity index (χ3v) is 3.19. The minimum absolute atomic E-state index is 0.00846. The summed E-state index contributed by atoms with van der Waals surface area (Å²) in [6, 6.07) is 5.97. The predicted molar refractivity (Wildman–Crippen MR) is 78.6 cm³/mol. The molecule has 1 aliphatic heterocycles. The van der Waals surface area contributed by atoms with Crippen LogP contribution in [-0.2, 0) is 11.2 Å². The number of hydrogen-bond acceptors (Lipinski definition) is 4. The highest BCUT2D eigenvalue weighted by atomic mass is 16.5. The lowest BCUT2D eigenvalue weighted by atomic mass is 10.1. The standard InChI is InChI=1S/C15H20N2O3/c1-2-6-16-7-5-12-3-4-14-13(10-12)17(8-9-20-14)11-15(18)19/h2-4,10,16H,1,5-9,11H2,(H,18,19). The van der Waals surface area contributed by atoms with Crippen molar-refractivity contribution in [1.82, 2.24) is 5.32 Å². The molecule has 0 atom stereocenters. The van der Waals surface area contributed by atoms with Crippen LogP contribution in [0, 0.1) is 0 Å². The lowest BCUT2D eigenvalue weighted by Gasteiger charge is -2.30. The van der Waals surface area contributed by atoms with Crippen molar-refractivity contribution in [3.63, 3.8) is 0 Å². The third kappa shape index (κ3) is 3.74. The molecule has 5 nitrogen and oxygen atoms in total. The van der Waals surface area contributed by atoms with Crippen LogP contribution in [0.25, 0.3) is 0 Å². The molecule has 0 amide bonds. The third-order valence-electron chi connectivity index (χ3n) is 3.19. The number of anilines is 1. The van der Waals surface area contributed by atoms with Gasteiger partial charge in [-0.2, -0.15) is 0 Å². The van der Waals surface area contributed by atoms with Gasteiger partial charge in [0, 0.05) is 6.54 Å². The summed E-state index contributed by atoms with van der Waals surface area (Å²) in [7, 11) is 0. The van der Waals surface area contributed by atoms with Crippen LogP contribution in [0.4, 0.5) is 5.69 Å². The fourth-order valence-electron chi connectivity index (χ4n) is 2.24. The van der Waals surface area contributed by atoms with E-state index in [4.69, 9.17) is 9.84 Å². The summed E-state index contributed by atoms with van der Waals surface area (Å²) >= 11 is 0. The summed E-state index contributed by atoms with van der Waals surface area (Å²) in [4.78, 5) is 12.8. The van der Waals surface area contributed by atoms with E-state index < -0.39 is 5.97 Å². The Labute approximate surface area is 118 Å². The number of hydrogen-bond donors (Lipinski definition) is 2. The second-order valence-corrected chi connectivity index (χ2v) is 4.71. The van der Waals surface area contributed by atoms with Gasteiger partial charge in [0.05, 0.1) is 12.2 Å². The van der Waals surface area contributed by atoms with Crippen LogP contribution >= 0.6 is 0 Å². The van der Waals surface area contributed by atoms with Crippen LogP contribution in [0.15, 0.2) is 30.9 Å². The van der Waals surface area contributed by atoms with Gasteiger partial charge in [-0.05, 0) is 30.7 Å². The van der Waals surface area contributed by atoms with E-state index in [-0.39, 0.29) is 6.54 Å². The van der Waals surface area contributed by atoms with Crippen LogP contribution in [0.5, 0.6) is 5.75 Å². The number of ether oxygens (including phenoxy) is 1. The van der Waals surface area contributed by atoms with Gasteiger partial charge in [-0.15, -0.1) is 6.58 Å². The van der Waals surface area contributed by atoms with Gasteiger partial charge in [-0.25, -0.2) is 0 Å². The Morgan fingerprint density at radius 1 is 1.55 bits per heavy atom. The minimum Gasteiger partial charge on any atom is -0.490 e. The van der Waals surface area contributed by atoms with E-state index in [0.29, 0.717) is 13.2 Å². The predicted octanol–water partition coefficient (Wildman–Crippen LogP) is 1.29. The topological polar surface area (TPSA) is 61.8 Å². The number of carboxylic acids is 1. The summed E-state index contributed by atoms with van der Waals surface area (Å²) in [6.07, 6.45) is 2.72. The van der Waals surface area contributed by atoms with Gasteiger partial charge in [0.25, 0.3) is 0 Å². The smallest absolute Gasteiger partial charge is 0.323 e. The highest BCUT2D eigenvalue weighted by Crippen LogP contribution is 2.32. The van der Waals surface area contributed by atoms with Crippen LogP contribution < -0.4 is 15.0 Å². The Bertz CT molecular complexity index is 488. The molecule has 1 aromatic rings. The molecule has 20 heavy (non-hydrogen) atoms. The monoisotopic (exact) mass is 276 g/mol. The van der Waals surface area contributed by atoms with Gasteiger partial charge < -0.3 is 20.1 Å². The van der Waals surface area contributed by atoms with Crippen molar-refractivity contribution in [1.29, 1.82) is 0 Å². The number of fused-ring (bicyclic) bond motifs is 1. The molecular weight excluding hydrogens is 256 g/mol. The van der Waals surface area contributed by atoms with Gasteiger partial charge in [-0.3, -0.25) is 4.79 Å². The van der Waals surface area contributed by atoms with Crippen molar-refractivity contribution in [2.45, 2.75) is 6.42 Å². The van der Waals surface area contributed by atoms with E-state index in [2.05, 4.69) is 11.9 Å². The fourth-order valence-corrected chi connectivity index (χ4v) is 2.24. The SMILES string of the molecule is C=CCNCCc1ccc2c(c1)N(CC(=O)O)CCO2. The molecule has 0 spiro atoms. The van der Waals surface area contributed by atoms with Crippen molar-refractivity contribution in [3.05, 3.63) is 36.4 Å². The van der Waals surface area contributed by atoms with Crippen molar-refractivity contribution in [2.24, 2.45) is 0 Å². The van der Waals surface area contributed by atoms with E-state index in [1.54, 1.807) is 0 Å². The van der Waals surface area contributed by atoms with Crippen molar-refractivity contribution in [3.8, 4) is 5.75 Å². The molecule has 0 aliphatic carbocycles. The Morgan fingerprint density at radius 3 is 3.15 bits per heavy atom. The van der Waals surface area contributed by atoms with Gasteiger partial charge in [0.1, 0.15) is 18.9 Å². The first-order chi connectivity index (χ1) is 9.70. The first-order valence-corrected chi connectivity index (χ1v) is 6.75. The first kappa shape index (κ1) is 14.4. The molecule has 0 aromatic heterocycles. The Morgan fingerprint density at radius 2 is 2.40 bits per heavy atom. The number of benzene rings is 1. The normalized spacial score (nSPS) is 13.5. The Kier molecular flexibility index (Phi) is 5.01. The second kappa shape index (κ2) is 6.96. The maximum Gasteiger partial charge on any atom is 0.323 e. The largest absolute Gasteiger partial charge is 0.490 e. The molecule has 5 heteroatoms. The second-order valence-electron chi connectivity index (χ2n) is 4.71. The molecule has 0 radical (unpaired) electrons. The van der Waals surface area contributed by atoms with Crippen LogP contribution in [-0.4, -0.2) is 43.9 Å². The zero-order valence-electron chi connectivity index (χ0n) is 11.5. The highest BCUT2D eigenvalue weighted by Gasteiger charge is 2.20. The van der Waals surface area contributed by atoms with E-state index in [1.165, 1.54) is 5.56 Å². The molecule has 108 valence electrons. The summed E-state index contributed by atoms with van der Waals surface area (Å²) in [5, 5.41) is 12.2. The summed E-state index contributed by atoms with van der Waals surface area (Å²) in [5.41, 5.74) is 2.04. The van der Waals surface area contributed by atoms with Gasteiger partial charge in [0.2, 0.25) is 0 Å². The Balaban J connectivity index is 2.06. The number of carboxylic acid groups (broad SMARTS) is 1. The molecule has 1 aromatic carbocycles. The van der Waals surface area contributed by atoms with Gasteiger partial charge in [0.15, 0.2) is 0 Å². The Hall–Kier alpha value is -2.01. The molecular formula is C15H20N2O3. The van der Waals surface area contributed by atoms with Gasteiger partial charge in [-0.1, -0.05) is 12.1 Å². The van der Waals surface area contributed by atoms with Crippen molar-refractivity contribution in [2.75, 3.05) is 37.7 Å². The maximum absolute atomic E-state index is 10.9. The first-order valence-electron chi connectivity index (χ1n) is 6.75. The van der Waals surface area contributed by atoms with E-state index in [1.807, 2.05) is 29.2 Å². The highest BCUT2D eigenvalue weighted by molar-refractivity contribution is 5.75. The average molecular weight is 276 g/mol. The molecule has 0 bridgehead atoms. The summed E-state index contributed by atoms with van der Waals surface area (Å²) in [5.74, 6) is -0.0591. The van der Waals surface area contributed by atoms with E-state index in [9.17, 15) is 4.79 Å². The lowest BCUT2D eigenvalue weighted by Crippen LogP contribution is -2.36. The van der Waals surface area contributed by atoms with Crippen molar-refractivity contribution >= 4 is 11.7 Å². The zero-order valence-corrected chi connectivity index (χ0v) is 11.5. The van der Waals surface area contributed by atoms with Gasteiger partial charge >= 0.3 is 5.97 Å². The molecule has 1 aliphatic rings. The number of carbonyl (C=O) groups is 1. The van der Waals surface area contributed by atoms with Crippen LogP contribution in [0.2, 0.25) is 0 Å². The summed E-state index contributed by atoms with van der Waals surface area (Å²) < 4.78 is 5.57. The molecule has 0 saturated carbocycles. The van der Waals surface area contributed by atoms with E-state index in [0.717, 1.165) is 30.9 Å². The molecule has 2 N–H and O–H groups in total. The quantitative estimate of drug-likeness (QED) is 0.580. The molecule has 1 heterocycles. The van der Waals surface area contributed by atoms with Crippen LogP contribution in [0.1, 0.15) is 5.56 Å². The molecule has 0 unspecified atom stereocenters. The molecule has 0 saturated heterocycles. The minimum atomic E-state index is -0.823. The summed E-state index contributed by atoms with van der Waals surface area (Å²) in [6.45, 7) is 6.46. The lowest BCUT2D eigenvalue weighted by molar-refractivity contribution is -0.135. The van der Waals surface area contributed by atoms with E-state index >= 15 is 0 Å². The molecule has 2 rings (SSSR count). The number of nitrogens with zero attached hydrogens (tertiary/aromatic N) is 1. The fraction of sp³-hybridized carbons (Fsp3) is 0.400. The number of rotatable bonds is 7. The maximum atomic E-state index is 10.9. The van der Waals surface area contributed by atoms with Crippen molar-refractivity contribution < 1.29 is 14.6 Å². The van der Waals surface area contributed by atoms with Crippen LogP contribution in [0.3, 0.4) is 0 Å². The number of nitrogens with one attached hydrogen (secondary N) is 1. The molecule has 0 fully saturated rings. The zero-order chi connectivity index (χ0) is 14.4.